The second-order valence-electron chi connectivity index (χ2n) is 7.99. The first-order valence-electron chi connectivity index (χ1n) is 10.4. The summed E-state index contributed by atoms with van der Waals surface area (Å²) in [6.07, 6.45) is 4.25. The van der Waals surface area contributed by atoms with Crippen LogP contribution in [0.1, 0.15) is 30.6 Å². The lowest BCUT2D eigenvalue weighted by atomic mass is 10.1. The summed E-state index contributed by atoms with van der Waals surface area (Å²) >= 11 is 0. The number of methoxy groups -OCH3 is 1. The molecule has 1 fully saturated rings. The number of aromatic nitrogens is 3. The minimum Gasteiger partial charge on any atom is -0.461 e. The van der Waals surface area contributed by atoms with Gasteiger partial charge in [-0.25, -0.2) is 4.39 Å². The molecule has 1 N–H and O–H groups in total. The molecule has 4 heterocycles. The molecule has 7 nitrogen and oxygen atoms in total. The fourth-order valence-corrected chi connectivity index (χ4v) is 4.26. The van der Waals surface area contributed by atoms with Crippen molar-refractivity contribution < 1.29 is 13.5 Å². The molecule has 8 heteroatoms. The Balaban J connectivity index is 1.51. The zero-order valence-electron chi connectivity index (χ0n) is 17.7. The van der Waals surface area contributed by atoms with Crippen molar-refractivity contribution in [2.24, 2.45) is 0 Å². The molecule has 1 aromatic carbocycles. The summed E-state index contributed by atoms with van der Waals surface area (Å²) in [7, 11) is 1.75. The van der Waals surface area contributed by atoms with Crippen LogP contribution in [0.25, 0.3) is 21.9 Å². The van der Waals surface area contributed by atoms with Crippen LogP contribution in [0.15, 0.2) is 41.1 Å². The lowest BCUT2D eigenvalue weighted by Gasteiger charge is -2.20. The van der Waals surface area contributed by atoms with E-state index in [1.165, 1.54) is 0 Å². The fourth-order valence-electron chi connectivity index (χ4n) is 4.26. The number of hydrogen-bond acceptors (Lipinski definition) is 7. The maximum atomic E-state index is 14.0. The van der Waals surface area contributed by atoms with E-state index in [2.05, 4.69) is 31.5 Å². The summed E-state index contributed by atoms with van der Waals surface area (Å²) in [6.45, 7) is 5.66. The summed E-state index contributed by atoms with van der Waals surface area (Å²) in [4.78, 5) is 6.95. The molecular formula is C23H24FN5O2. The highest BCUT2D eigenvalue weighted by atomic mass is 19.1. The fraction of sp³-hybridized carbons (Fsp3) is 0.348. The number of fused-ring (bicyclic) bond motifs is 2. The SMILES string of the molecule is CO[C@H]1CCN(c2cnc3c(C)nnc(N[C@H](C)c4cccc5c(F)coc45)c3c2)C1. The minimum atomic E-state index is -0.363. The number of hydrogen-bond donors (Lipinski definition) is 1. The van der Waals surface area contributed by atoms with E-state index in [1.807, 2.05) is 32.2 Å². The van der Waals surface area contributed by atoms with Crippen molar-refractivity contribution in [3.05, 3.63) is 53.8 Å². The van der Waals surface area contributed by atoms with Gasteiger partial charge in [0, 0.05) is 31.1 Å². The quantitative estimate of drug-likeness (QED) is 0.504. The number of rotatable bonds is 5. The van der Waals surface area contributed by atoms with Gasteiger partial charge in [0.15, 0.2) is 11.6 Å². The van der Waals surface area contributed by atoms with E-state index in [0.717, 1.165) is 53.6 Å². The number of aryl methyl sites for hydroxylation is 1. The molecule has 1 aliphatic rings. The van der Waals surface area contributed by atoms with Crippen molar-refractivity contribution in [1.82, 2.24) is 15.2 Å². The number of pyridine rings is 1. The Morgan fingerprint density at radius 1 is 1.29 bits per heavy atom. The van der Waals surface area contributed by atoms with Crippen LogP contribution in [0.2, 0.25) is 0 Å². The van der Waals surface area contributed by atoms with E-state index < -0.39 is 0 Å². The summed E-state index contributed by atoms with van der Waals surface area (Å²) < 4.78 is 24.9. The number of para-hydroxylation sites is 1. The van der Waals surface area contributed by atoms with E-state index in [9.17, 15) is 4.39 Å². The Kier molecular flexibility index (Phi) is 4.94. The third-order valence-electron chi connectivity index (χ3n) is 6.02. The van der Waals surface area contributed by atoms with E-state index in [-0.39, 0.29) is 18.0 Å². The lowest BCUT2D eigenvalue weighted by Crippen LogP contribution is -2.22. The van der Waals surface area contributed by atoms with Crippen molar-refractivity contribution in [2.45, 2.75) is 32.4 Å². The molecule has 0 amide bonds. The Hall–Kier alpha value is -3.26. The number of benzene rings is 1. The first-order chi connectivity index (χ1) is 15.0. The van der Waals surface area contributed by atoms with Gasteiger partial charge in [-0.2, -0.15) is 5.10 Å². The zero-order valence-corrected chi connectivity index (χ0v) is 17.7. The molecular weight excluding hydrogens is 397 g/mol. The van der Waals surface area contributed by atoms with Crippen molar-refractivity contribution in [2.75, 3.05) is 30.4 Å². The van der Waals surface area contributed by atoms with Gasteiger partial charge >= 0.3 is 0 Å². The topological polar surface area (TPSA) is 76.3 Å². The maximum absolute atomic E-state index is 14.0. The van der Waals surface area contributed by atoms with E-state index in [1.54, 1.807) is 13.2 Å². The second kappa shape index (κ2) is 7.77. The van der Waals surface area contributed by atoms with Crippen LogP contribution < -0.4 is 10.2 Å². The average Bonchev–Trinajstić information content (AvgIpc) is 3.42. The molecule has 0 spiro atoms. The third-order valence-corrected chi connectivity index (χ3v) is 6.02. The van der Waals surface area contributed by atoms with Crippen LogP contribution in [-0.2, 0) is 4.74 Å². The number of halogens is 1. The molecule has 1 aliphatic heterocycles. The number of nitrogens with one attached hydrogen (secondary N) is 1. The average molecular weight is 421 g/mol. The van der Waals surface area contributed by atoms with E-state index in [0.29, 0.717) is 16.8 Å². The first-order valence-corrected chi connectivity index (χ1v) is 10.4. The molecule has 5 rings (SSSR count). The number of nitrogens with zero attached hydrogens (tertiary/aromatic N) is 4. The maximum Gasteiger partial charge on any atom is 0.169 e. The number of anilines is 2. The van der Waals surface area contributed by atoms with Crippen LogP contribution in [0.4, 0.5) is 15.9 Å². The Morgan fingerprint density at radius 3 is 2.97 bits per heavy atom. The summed E-state index contributed by atoms with van der Waals surface area (Å²) in [5, 5.41) is 13.5. The summed E-state index contributed by atoms with van der Waals surface area (Å²) in [5.41, 5.74) is 3.99. The van der Waals surface area contributed by atoms with Crippen LogP contribution in [0.5, 0.6) is 0 Å². The summed E-state index contributed by atoms with van der Waals surface area (Å²) in [5.74, 6) is 0.271. The van der Waals surface area contributed by atoms with Crippen LogP contribution in [0.3, 0.4) is 0 Å². The van der Waals surface area contributed by atoms with E-state index >= 15 is 0 Å². The van der Waals surface area contributed by atoms with Gasteiger partial charge in [-0.3, -0.25) is 4.98 Å². The Morgan fingerprint density at radius 2 is 2.16 bits per heavy atom. The van der Waals surface area contributed by atoms with Gasteiger partial charge in [-0.1, -0.05) is 12.1 Å². The van der Waals surface area contributed by atoms with Crippen molar-refractivity contribution in [3.8, 4) is 0 Å². The molecule has 0 saturated carbocycles. The highest BCUT2D eigenvalue weighted by Crippen LogP contribution is 2.32. The standard InChI is InChI=1S/C23H24FN5O2/c1-13(17-5-4-6-18-20(24)12-31-22(17)18)26-23-19-9-15(29-8-7-16(11-29)30-3)10-25-21(19)14(2)27-28-23/h4-6,9-10,12-13,16H,7-8,11H2,1-3H3,(H,26,28)/t13-,16+/m1/s1. The Bertz CT molecular complexity index is 1260. The minimum absolute atomic E-state index is 0.178. The molecule has 4 aromatic rings. The van der Waals surface area contributed by atoms with Gasteiger partial charge < -0.3 is 19.4 Å². The molecule has 0 aliphatic carbocycles. The number of ether oxygens (including phenoxy) is 1. The largest absolute Gasteiger partial charge is 0.461 e. The van der Waals surface area contributed by atoms with Gasteiger partial charge in [0.2, 0.25) is 0 Å². The van der Waals surface area contributed by atoms with Gasteiger partial charge in [-0.15, -0.1) is 5.10 Å². The number of furan rings is 1. The predicted molar refractivity (Wildman–Crippen MR) is 118 cm³/mol. The van der Waals surface area contributed by atoms with Gasteiger partial charge in [0.25, 0.3) is 0 Å². The molecule has 0 radical (unpaired) electrons. The van der Waals surface area contributed by atoms with Crippen LogP contribution in [-0.4, -0.2) is 41.5 Å². The van der Waals surface area contributed by atoms with Gasteiger partial charge in [-0.05, 0) is 32.4 Å². The van der Waals surface area contributed by atoms with E-state index in [4.69, 9.17) is 9.15 Å². The molecule has 160 valence electrons. The van der Waals surface area contributed by atoms with Gasteiger partial charge in [0.1, 0.15) is 11.8 Å². The predicted octanol–water partition coefficient (Wildman–Crippen LogP) is 4.62. The molecule has 1 saturated heterocycles. The normalized spacial score (nSPS) is 17.5. The smallest absolute Gasteiger partial charge is 0.169 e. The molecule has 2 atom stereocenters. The van der Waals surface area contributed by atoms with Crippen molar-refractivity contribution >= 4 is 33.4 Å². The van der Waals surface area contributed by atoms with Gasteiger partial charge in [0.05, 0.1) is 40.6 Å². The van der Waals surface area contributed by atoms with Crippen LogP contribution >= 0.6 is 0 Å². The first kappa shape index (κ1) is 19.7. The van der Waals surface area contributed by atoms with Crippen molar-refractivity contribution in [1.29, 1.82) is 0 Å². The molecule has 0 bridgehead atoms. The monoisotopic (exact) mass is 421 g/mol. The summed E-state index contributed by atoms with van der Waals surface area (Å²) in [6, 6.07) is 7.38. The third kappa shape index (κ3) is 3.46. The second-order valence-corrected chi connectivity index (χ2v) is 7.99. The Labute approximate surface area is 179 Å². The lowest BCUT2D eigenvalue weighted by molar-refractivity contribution is 0.121. The highest BCUT2D eigenvalue weighted by Gasteiger charge is 2.24. The molecule has 31 heavy (non-hydrogen) atoms. The molecule has 3 aromatic heterocycles. The zero-order chi connectivity index (χ0) is 21.5. The highest BCUT2D eigenvalue weighted by molar-refractivity contribution is 5.92. The van der Waals surface area contributed by atoms with Crippen molar-refractivity contribution in [3.63, 3.8) is 0 Å². The molecule has 0 unspecified atom stereocenters. The van der Waals surface area contributed by atoms with Crippen LogP contribution in [0, 0.1) is 12.7 Å².